The van der Waals surface area contributed by atoms with Gasteiger partial charge in [-0.25, -0.2) is 9.97 Å². The lowest BCUT2D eigenvalue weighted by atomic mass is 10.2. The first kappa shape index (κ1) is 15.1. The molecular formula is C18H20N4O. The number of rotatable bonds is 6. The van der Waals surface area contributed by atoms with Gasteiger partial charge in [0.1, 0.15) is 23.7 Å². The molecule has 0 aliphatic carbocycles. The SMILES string of the molecule is CCN(c1cccc(C)c1)c1cc(NCc2ccco2)ncn1. The zero-order valence-corrected chi connectivity index (χ0v) is 13.4. The van der Waals surface area contributed by atoms with Gasteiger partial charge in [0.15, 0.2) is 0 Å². The summed E-state index contributed by atoms with van der Waals surface area (Å²) in [5.41, 5.74) is 2.36. The maximum absolute atomic E-state index is 5.32. The van der Waals surface area contributed by atoms with Crippen molar-refractivity contribution in [2.45, 2.75) is 20.4 Å². The third-order valence-corrected chi connectivity index (χ3v) is 3.58. The minimum Gasteiger partial charge on any atom is -0.467 e. The van der Waals surface area contributed by atoms with Gasteiger partial charge in [-0.05, 0) is 43.7 Å². The molecule has 5 heteroatoms. The van der Waals surface area contributed by atoms with Crippen LogP contribution in [0.15, 0.2) is 59.5 Å². The van der Waals surface area contributed by atoms with Crippen molar-refractivity contribution in [3.8, 4) is 0 Å². The molecule has 0 saturated heterocycles. The Morgan fingerprint density at radius 3 is 2.78 bits per heavy atom. The lowest BCUT2D eigenvalue weighted by Gasteiger charge is -2.22. The standard InChI is InChI=1S/C18H20N4O/c1-3-22(15-7-4-6-14(2)10-15)18-11-17(20-13-21-18)19-12-16-8-5-9-23-16/h4-11,13H,3,12H2,1-2H3,(H,19,20,21). The summed E-state index contributed by atoms with van der Waals surface area (Å²) in [5, 5.41) is 3.26. The predicted molar refractivity (Wildman–Crippen MR) is 91.9 cm³/mol. The van der Waals surface area contributed by atoms with Gasteiger partial charge < -0.3 is 14.6 Å². The maximum Gasteiger partial charge on any atom is 0.138 e. The van der Waals surface area contributed by atoms with E-state index >= 15 is 0 Å². The molecule has 5 nitrogen and oxygen atoms in total. The predicted octanol–water partition coefficient (Wildman–Crippen LogP) is 4.15. The zero-order chi connectivity index (χ0) is 16.1. The summed E-state index contributed by atoms with van der Waals surface area (Å²) in [4.78, 5) is 10.8. The molecule has 1 N–H and O–H groups in total. The second-order valence-corrected chi connectivity index (χ2v) is 5.28. The van der Waals surface area contributed by atoms with Crippen molar-refractivity contribution in [1.29, 1.82) is 0 Å². The largest absolute Gasteiger partial charge is 0.467 e. The van der Waals surface area contributed by atoms with Crippen LogP contribution in [0.3, 0.4) is 0 Å². The molecule has 0 fully saturated rings. The molecule has 2 heterocycles. The van der Waals surface area contributed by atoms with Crippen LogP contribution in [-0.2, 0) is 6.54 Å². The number of aromatic nitrogens is 2. The molecule has 0 atom stereocenters. The van der Waals surface area contributed by atoms with Crippen molar-refractivity contribution >= 4 is 17.3 Å². The van der Waals surface area contributed by atoms with Crippen LogP contribution in [0.2, 0.25) is 0 Å². The Morgan fingerprint density at radius 1 is 1.13 bits per heavy atom. The molecule has 0 aliphatic heterocycles. The van der Waals surface area contributed by atoms with Gasteiger partial charge in [-0.15, -0.1) is 0 Å². The van der Waals surface area contributed by atoms with Crippen molar-refractivity contribution in [3.05, 3.63) is 66.4 Å². The summed E-state index contributed by atoms with van der Waals surface area (Å²) in [7, 11) is 0. The first-order valence-electron chi connectivity index (χ1n) is 7.69. The minimum atomic E-state index is 0.597. The number of aryl methyl sites for hydroxylation is 1. The van der Waals surface area contributed by atoms with Crippen LogP contribution in [0.5, 0.6) is 0 Å². The van der Waals surface area contributed by atoms with Crippen molar-refractivity contribution in [2.75, 3.05) is 16.8 Å². The van der Waals surface area contributed by atoms with Crippen LogP contribution in [0.1, 0.15) is 18.2 Å². The molecular weight excluding hydrogens is 288 g/mol. The van der Waals surface area contributed by atoms with Crippen LogP contribution in [0.25, 0.3) is 0 Å². The molecule has 0 unspecified atom stereocenters. The minimum absolute atomic E-state index is 0.597. The summed E-state index contributed by atoms with van der Waals surface area (Å²) in [6, 6.07) is 14.2. The van der Waals surface area contributed by atoms with Crippen LogP contribution in [0.4, 0.5) is 17.3 Å². The fraction of sp³-hybridized carbons (Fsp3) is 0.222. The fourth-order valence-electron chi connectivity index (χ4n) is 2.45. The molecule has 1 aromatic carbocycles. The summed E-state index contributed by atoms with van der Waals surface area (Å²) < 4.78 is 5.32. The van der Waals surface area contributed by atoms with E-state index < -0.39 is 0 Å². The number of hydrogen-bond donors (Lipinski definition) is 1. The Balaban J connectivity index is 1.79. The van der Waals surface area contributed by atoms with Crippen LogP contribution in [-0.4, -0.2) is 16.5 Å². The number of benzene rings is 1. The average molecular weight is 308 g/mol. The highest BCUT2D eigenvalue weighted by Gasteiger charge is 2.10. The van der Waals surface area contributed by atoms with Crippen molar-refractivity contribution in [1.82, 2.24) is 9.97 Å². The second-order valence-electron chi connectivity index (χ2n) is 5.28. The summed E-state index contributed by atoms with van der Waals surface area (Å²) in [6.07, 6.45) is 3.25. The Bertz CT molecular complexity index is 755. The molecule has 3 aromatic rings. The third-order valence-electron chi connectivity index (χ3n) is 3.58. The number of furan rings is 1. The third kappa shape index (κ3) is 3.69. The van der Waals surface area contributed by atoms with Gasteiger partial charge in [0.2, 0.25) is 0 Å². The average Bonchev–Trinajstić information content (AvgIpc) is 3.08. The molecule has 118 valence electrons. The lowest BCUT2D eigenvalue weighted by molar-refractivity contribution is 0.518. The smallest absolute Gasteiger partial charge is 0.138 e. The molecule has 3 rings (SSSR count). The lowest BCUT2D eigenvalue weighted by Crippen LogP contribution is -2.18. The van der Waals surface area contributed by atoms with Gasteiger partial charge in [0.05, 0.1) is 12.8 Å². The van der Waals surface area contributed by atoms with Crippen LogP contribution >= 0.6 is 0 Å². The molecule has 0 spiro atoms. The van der Waals surface area contributed by atoms with E-state index in [1.807, 2.05) is 18.2 Å². The summed E-state index contributed by atoms with van der Waals surface area (Å²) >= 11 is 0. The second kappa shape index (κ2) is 6.96. The van der Waals surface area contributed by atoms with Gasteiger partial charge >= 0.3 is 0 Å². The van der Waals surface area contributed by atoms with Crippen molar-refractivity contribution in [3.63, 3.8) is 0 Å². The van der Waals surface area contributed by atoms with E-state index in [-0.39, 0.29) is 0 Å². The molecule has 0 bridgehead atoms. The Kier molecular flexibility index (Phi) is 4.57. The number of nitrogens with zero attached hydrogens (tertiary/aromatic N) is 3. The fourth-order valence-corrected chi connectivity index (χ4v) is 2.45. The highest BCUT2D eigenvalue weighted by atomic mass is 16.3. The Labute approximate surface area is 136 Å². The van der Waals surface area contributed by atoms with Gasteiger partial charge in [-0.3, -0.25) is 0 Å². The highest BCUT2D eigenvalue weighted by molar-refractivity contribution is 5.62. The van der Waals surface area contributed by atoms with Crippen molar-refractivity contribution in [2.24, 2.45) is 0 Å². The van der Waals surface area contributed by atoms with Gasteiger partial charge in [0.25, 0.3) is 0 Å². The molecule has 23 heavy (non-hydrogen) atoms. The maximum atomic E-state index is 5.32. The Morgan fingerprint density at radius 2 is 2.04 bits per heavy atom. The molecule has 0 amide bonds. The molecule has 2 aromatic heterocycles. The monoisotopic (exact) mass is 308 g/mol. The van der Waals surface area contributed by atoms with E-state index in [4.69, 9.17) is 4.42 Å². The van der Waals surface area contributed by atoms with Gasteiger partial charge in [0, 0.05) is 18.3 Å². The quantitative estimate of drug-likeness (QED) is 0.741. The molecule has 0 radical (unpaired) electrons. The molecule has 0 saturated carbocycles. The van der Waals surface area contributed by atoms with Gasteiger partial charge in [-0.1, -0.05) is 12.1 Å². The van der Waals surface area contributed by atoms with Gasteiger partial charge in [-0.2, -0.15) is 0 Å². The first-order valence-corrected chi connectivity index (χ1v) is 7.69. The number of anilines is 3. The zero-order valence-electron chi connectivity index (χ0n) is 13.4. The van der Waals surface area contributed by atoms with E-state index in [2.05, 4.69) is 58.3 Å². The van der Waals surface area contributed by atoms with Crippen LogP contribution in [0, 0.1) is 6.92 Å². The molecule has 0 aliphatic rings. The van der Waals surface area contributed by atoms with E-state index in [1.54, 1.807) is 12.6 Å². The van der Waals surface area contributed by atoms with E-state index in [0.717, 1.165) is 29.6 Å². The van der Waals surface area contributed by atoms with E-state index in [1.165, 1.54) is 5.56 Å². The normalized spacial score (nSPS) is 10.5. The van der Waals surface area contributed by atoms with Crippen molar-refractivity contribution < 1.29 is 4.42 Å². The number of hydrogen-bond acceptors (Lipinski definition) is 5. The number of nitrogens with one attached hydrogen (secondary N) is 1. The first-order chi connectivity index (χ1) is 11.3. The topological polar surface area (TPSA) is 54.2 Å². The summed E-state index contributed by atoms with van der Waals surface area (Å²) in [6.45, 7) is 5.63. The van der Waals surface area contributed by atoms with E-state index in [0.29, 0.717) is 6.54 Å². The Hall–Kier alpha value is -2.82. The summed E-state index contributed by atoms with van der Waals surface area (Å²) in [5.74, 6) is 2.52. The van der Waals surface area contributed by atoms with E-state index in [9.17, 15) is 0 Å². The van der Waals surface area contributed by atoms with Crippen LogP contribution < -0.4 is 10.2 Å². The highest BCUT2D eigenvalue weighted by Crippen LogP contribution is 2.25.